The molecule has 0 heterocycles. The SMILES string of the molecule is CCCNC(=O)CCNC(=O)CCCNC. The Morgan fingerprint density at radius 2 is 1.56 bits per heavy atom. The van der Waals surface area contributed by atoms with Gasteiger partial charge in [-0.25, -0.2) is 0 Å². The van der Waals surface area contributed by atoms with Gasteiger partial charge in [0.1, 0.15) is 0 Å². The van der Waals surface area contributed by atoms with Crippen molar-refractivity contribution in [3.8, 4) is 0 Å². The molecule has 0 aromatic rings. The van der Waals surface area contributed by atoms with Crippen molar-refractivity contribution in [2.75, 3.05) is 26.7 Å². The molecule has 0 rings (SSSR count). The minimum Gasteiger partial charge on any atom is -0.356 e. The fraction of sp³-hybridized carbons (Fsp3) is 0.818. The van der Waals surface area contributed by atoms with Crippen LogP contribution in [0.5, 0.6) is 0 Å². The lowest BCUT2D eigenvalue weighted by molar-refractivity contribution is -0.122. The summed E-state index contributed by atoms with van der Waals surface area (Å²) in [7, 11) is 1.86. The van der Waals surface area contributed by atoms with Crippen LogP contribution < -0.4 is 16.0 Å². The van der Waals surface area contributed by atoms with E-state index in [-0.39, 0.29) is 11.8 Å². The molecule has 0 radical (unpaired) electrons. The zero-order valence-electron chi connectivity index (χ0n) is 10.3. The molecule has 3 N–H and O–H groups in total. The average molecular weight is 229 g/mol. The van der Waals surface area contributed by atoms with Crippen molar-refractivity contribution >= 4 is 11.8 Å². The first-order chi connectivity index (χ1) is 7.70. The summed E-state index contributed by atoms with van der Waals surface area (Å²) >= 11 is 0. The number of hydrogen-bond donors (Lipinski definition) is 3. The first kappa shape index (κ1) is 14.9. The third-order valence-corrected chi connectivity index (χ3v) is 2.08. The molecule has 0 unspecified atom stereocenters. The zero-order chi connectivity index (χ0) is 12.2. The predicted octanol–water partition coefficient (Wildman–Crippen LogP) is 0.0185. The molecule has 0 bridgehead atoms. The van der Waals surface area contributed by atoms with Gasteiger partial charge in [0, 0.05) is 25.9 Å². The molecule has 0 atom stereocenters. The van der Waals surface area contributed by atoms with Crippen LogP contribution in [-0.2, 0) is 9.59 Å². The molecule has 2 amide bonds. The van der Waals surface area contributed by atoms with Gasteiger partial charge >= 0.3 is 0 Å². The highest BCUT2D eigenvalue weighted by atomic mass is 16.2. The first-order valence-electron chi connectivity index (χ1n) is 5.88. The van der Waals surface area contributed by atoms with Crippen LogP contribution in [0.4, 0.5) is 0 Å². The second kappa shape index (κ2) is 10.4. The Morgan fingerprint density at radius 1 is 0.938 bits per heavy atom. The van der Waals surface area contributed by atoms with Crippen LogP contribution in [0.2, 0.25) is 0 Å². The molecule has 0 aliphatic carbocycles. The Morgan fingerprint density at radius 3 is 2.19 bits per heavy atom. The van der Waals surface area contributed by atoms with Crippen molar-refractivity contribution in [2.24, 2.45) is 0 Å². The van der Waals surface area contributed by atoms with Gasteiger partial charge in [0.05, 0.1) is 0 Å². The standard InChI is InChI=1S/C11H23N3O2/c1-3-7-13-11(16)6-9-14-10(15)5-4-8-12-2/h12H,3-9H2,1-2H3,(H,13,16)(H,14,15). The summed E-state index contributed by atoms with van der Waals surface area (Å²) in [6.07, 6.45) is 2.63. The third-order valence-electron chi connectivity index (χ3n) is 2.08. The predicted molar refractivity (Wildman–Crippen MR) is 64.1 cm³/mol. The van der Waals surface area contributed by atoms with Crippen LogP contribution >= 0.6 is 0 Å². The smallest absolute Gasteiger partial charge is 0.221 e. The summed E-state index contributed by atoms with van der Waals surface area (Å²) in [6.45, 7) is 3.97. The highest BCUT2D eigenvalue weighted by molar-refractivity contribution is 5.78. The summed E-state index contributed by atoms with van der Waals surface area (Å²) in [5.41, 5.74) is 0. The Balaban J connectivity index is 3.36. The highest BCUT2D eigenvalue weighted by Crippen LogP contribution is 1.87. The average Bonchev–Trinajstić information content (AvgIpc) is 2.26. The maximum Gasteiger partial charge on any atom is 0.221 e. The molecule has 0 saturated heterocycles. The van der Waals surface area contributed by atoms with E-state index >= 15 is 0 Å². The molecular weight excluding hydrogens is 206 g/mol. The van der Waals surface area contributed by atoms with Crippen molar-refractivity contribution in [3.63, 3.8) is 0 Å². The maximum absolute atomic E-state index is 11.2. The number of carbonyl (C=O) groups excluding carboxylic acids is 2. The maximum atomic E-state index is 11.2. The fourth-order valence-corrected chi connectivity index (χ4v) is 1.18. The molecule has 0 spiro atoms. The summed E-state index contributed by atoms with van der Waals surface area (Å²) in [5, 5.41) is 8.46. The van der Waals surface area contributed by atoms with E-state index in [2.05, 4.69) is 16.0 Å². The van der Waals surface area contributed by atoms with E-state index in [1.54, 1.807) is 0 Å². The normalized spacial score (nSPS) is 9.88. The van der Waals surface area contributed by atoms with Gasteiger partial charge in [0.15, 0.2) is 0 Å². The lowest BCUT2D eigenvalue weighted by atomic mass is 10.3. The Bertz CT molecular complexity index is 207. The van der Waals surface area contributed by atoms with E-state index in [1.165, 1.54) is 0 Å². The topological polar surface area (TPSA) is 70.2 Å². The van der Waals surface area contributed by atoms with Gasteiger partial charge < -0.3 is 16.0 Å². The first-order valence-corrected chi connectivity index (χ1v) is 5.88. The van der Waals surface area contributed by atoms with Gasteiger partial charge in [0.25, 0.3) is 0 Å². The fourth-order valence-electron chi connectivity index (χ4n) is 1.18. The minimum atomic E-state index is -0.00243. The van der Waals surface area contributed by atoms with Gasteiger partial charge in [0.2, 0.25) is 11.8 Å². The summed E-state index contributed by atoms with van der Waals surface area (Å²) in [4.78, 5) is 22.4. The third kappa shape index (κ3) is 9.45. The van der Waals surface area contributed by atoms with Crippen LogP contribution in [0.25, 0.3) is 0 Å². The van der Waals surface area contributed by atoms with E-state index in [9.17, 15) is 9.59 Å². The number of rotatable bonds is 9. The van der Waals surface area contributed by atoms with E-state index in [0.29, 0.717) is 25.9 Å². The van der Waals surface area contributed by atoms with Crippen LogP contribution in [0.15, 0.2) is 0 Å². The highest BCUT2D eigenvalue weighted by Gasteiger charge is 2.02. The molecule has 16 heavy (non-hydrogen) atoms. The second-order valence-electron chi connectivity index (χ2n) is 3.66. The van der Waals surface area contributed by atoms with E-state index in [1.807, 2.05) is 14.0 Å². The quantitative estimate of drug-likeness (QED) is 0.488. The summed E-state index contributed by atoms with van der Waals surface area (Å²) in [6, 6.07) is 0. The monoisotopic (exact) mass is 229 g/mol. The van der Waals surface area contributed by atoms with Crippen LogP contribution in [0.3, 0.4) is 0 Å². The van der Waals surface area contributed by atoms with Crippen LogP contribution in [-0.4, -0.2) is 38.5 Å². The molecule has 94 valence electrons. The van der Waals surface area contributed by atoms with E-state index < -0.39 is 0 Å². The molecule has 0 aliphatic heterocycles. The Hall–Kier alpha value is -1.10. The van der Waals surface area contributed by atoms with Crippen molar-refractivity contribution in [1.29, 1.82) is 0 Å². The lowest BCUT2D eigenvalue weighted by Gasteiger charge is -2.05. The molecule has 0 aromatic heterocycles. The van der Waals surface area contributed by atoms with Crippen LogP contribution in [0, 0.1) is 0 Å². The molecule has 0 fully saturated rings. The number of amides is 2. The van der Waals surface area contributed by atoms with Gasteiger partial charge in [-0.2, -0.15) is 0 Å². The van der Waals surface area contributed by atoms with Crippen molar-refractivity contribution in [2.45, 2.75) is 32.6 Å². The lowest BCUT2D eigenvalue weighted by Crippen LogP contribution is -2.31. The Labute approximate surface area is 97.4 Å². The number of nitrogens with one attached hydrogen (secondary N) is 3. The van der Waals surface area contributed by atoms with Crippen molar-refractivity contribution in [1.82, 2.24) is 16.0 Å². The molecule has 0 aromatic carbocycles. The van der Waals surface area contributed by atoms with Gasteiger partial charge in [-0.3, -0.25) is 9.59 Å². The zero-order valence-corrected chi connectivity index (χ0v) is 10.3. The molecule has 5 nitrogen and oxygen atoms in total. The van der Waals surface area contributed by atoms with E-state index in [4.69, 9.17) is 0 Å². The largest absolute Gasteiger partial charge is 0.356 e. The Kier molecular flexibility index (Phi) is 9.70. The van der Waals surface area contributed by atoms with Gasteiger partial charge in [-0.05, 0) is 26.4 Å². The number of hydrogen-bond acceptors (Lipinski definition) is 3. The number of carbonyl (C=O) groups is 2. The summed E-state index contributed by atoms with van der Waals surface area (Å²) in [5.74, 6) is 0.0101. The second-order valence-corrected chi connectivity index (χ2v) is 3.66. The molecule has 0 aliphatic rings. The van der Waals surface area contributed by atoms with Gasteiger partial charge in [-0.15, -0.1) is 0 Å². The molecule has 5 heteroatoms. The van der Waals surface area contributed by atoms with Crippen LogP contribution in [0.1, 0.15) is 32.6 Å². The van der Waals surface area contributed by atoms with Gasteiger partial charge in [-0.1, -0.05) is 6.92 Å². The van der Waals surface area contributed by atoms with E-state index in [0.717, 1.165) is 19.4 Å². The minimum absolute atomic E-state index is 0.00243. The van der Waals surface area contributed by atoms with Crippen molar-refractivity contribution < 1.29 is 9.59 Å². The van der Waals surface area contributed by atoms with Crippen molar-refractivity contribution in [3.05, 3.63) is 0 Å². The molecular formula is C11H23N3O2. The summed E-state index contributed by atoms with van der Waals surface area (Å²) < 4.78 is 0. The molecule has 0 saturated carbocycles.